The molecule has 2 aliphatic carbocycles. The van der Waals surface area contributed by atoms with Crippen LogP contribution in [0.4, 0.5) is 0 Å². The number of nitrogens with one attached hydrogen (secondary N) is 1. The van der Waals surface area contributed by atoms with Gasteiger partial charge in [0.15, 0.2) is 0 Å². The first kappa shape index (κ1) is 13.7. The van der Waals surface area contributed by atoms with Gasteiger partial charge in [-0.25, -0.2) is 0 Å². The third-order valence-electron chi connectivity index (χ3n) is 4.72. The number of rotatable bonds is 4. The normalized spacial score (nSPS) is 25.7. The first-order valence-electron chi connectivity index (χ1n) is 7.57. The minimum absolute atomic E-state index is 0.0845. The molecule has 108 valence electrons. The van der Waals surface area contributed by atoms with Crippen molar-refractivity contribution in [3.8, 4) is 5.75 Å². The van der Waals surface area contributed by atoms with E-state index in [2.05, 4.69) is 35.7 Å². The molecule has 0 heterocycles. The molecule has 3 N–H and O–H groups in total. The molecule has 1 aromatic rings. The van der Waals surface area contributed by atoms with Crippen LogP contribution in [0.25, 0.3) is 0 Å². The number of ether oxygens (including phenoxy) is 1. The van der Waals surface area contributed by atoms with Crippen molar-refractivity contribution in [1.29, 1.82) is 0 Å². The number of fused-ring (bicyclic) bond motifs is 1. The van der Waals surface area contributed by atoms with Gasteiger partial charge >= 0.3 is 0 Å². The predicted octanol–water partition coefficient (Wildman–Crippen LogP) is 2.49. The molecule has 3 rings (SSSR count). The SMILES string of the molecule is COc1ccc2c(c1)C(CN)(NC1CC=CC1)CCC2. The Morgan fingerprint density at radius 1 is 1.35 bits per heavy atom. The highest BCUT2D eigenvalue weighted by atomic mass is 16.5. The average molecular weight is 272 g/mol. The number of hydrogen-bond donors (Lipinski definition) is 2. The highest BCUT2D eigenvalue weighted by Crippen LogP contribution is 2.37. The monoisotopic (exact) mass is 272 g/mol. The van der Waals surface area contributed by atoms with Crippen molar-refractivity contribution in [2.45, 2.75) is 43.7 Å². The summed E-state index contributed by atoms with van der Waals surface area (Å²) in [6.07, 6.45) is 10.2. The molecule has 3 nitrogen and oxygen atoms in total. The molecule has 1 aromatic carbocycles. The van der Waals surface area contributed by atoms with Gasteiger partial charge in [0.2, 0.25) is 0 Å². The summed E-state index contributed by atoms with van der Waals surface area (Å²) in [7, 11) is 1.73. The summed E-state index contributed by atoms with van der Waals surface area (Å²) in [6.45, 7) is 0.643. The van der Waals surface area contributed by atoms with Gasteiger partial charge in [0, 0.05) is 12.6 Å². The zero-order chi connectivity index (χ0) is 14.0. The Morgan fingerprint density at radius 3 is 2.85 bits per heavy atom. The Kier molecular flexibility index (Phi) is 3.81. The van der Waals surface area contributed by atoms with E-state index in [0.29, 0.717) is 12.6 Å². The predicted molar refractivity (Wildman–Crippen MR) is 82.0 cm³/mol. The lowest BCUT2D eigenvalue weighted by molar-refractivity contribution is 0.259. The maximum atomic E-state index is 6.20. The zero-order valence-corrected chi connectivity index (χ0v) is 12.2. The summed E-state index contributed by atoms with van der Waals surface area (Å²) in [4.78, 5) is 0. The van der Waals surface area contributed by atoms with Crippen molar-refractivity contribution in [3.63, 3.8) is 0 Å². The van der Waals surface area contributed by atoms with Crippen LogP contribution >= 0.6 is 0 Å². The molecular formula is C17H24N2O. The van der Waals surface area contributed by atoms with Crippen LogP contribution in [-0.4, -0.2) is 19.7 Å². The molecule has 0 saturated heterocycles. The lowest BCUT2D eigenvalue weighted by Crippen LogP contribution is -2.53. The molecule has 1 unspecified atom stereocenters. The third-order valence-corrected chi connectivity index (χ3v) is 4.72. The van der Waals surface area contributed by atoms with E-state index in [-0.39, 0.29) is 5.54 Å². The van der Waals surface area contributed by atoms with E-state index in [4.69, 9.17) is 10.5 Å². The standard InChI is InChI=1S/C17H24N2O/c1-20-15-9-8-13-5-4-10-17(12-18,16(13)11-15)19-14-6-2-3-7-14/h2-3,8-9,11,14,19H,4-7,10,12,18H2,1H3. The van der Waals surface area contributed by atoms with Crippen LogP contribution < -0.4 is 15.8 Å². The van der Waals surface area contributed by atoms with Gasteiger partial charge in [-0.15, -0.1) is 0 Å². The van der Waals surface area contributed by atoms with Gasteiger partial charge in [0.05, 0.1) is 12.6 Å². The van der Waals surface area contributed by atoms with E-state index in [1.54, 1.807) is 7.11 Å². The molecular weight excluding hydrogens is 248 g/mol. The van der Waals surface area contributed by atoms with Gasteiger partial charge in [-0.1, -0.05) is 18.2 Å². The second kappa shape index (κ2) is 5.58. The number of aryl methyl sites for hydroxylation is 1. The molecule has 0 fully saturated rings. The summed E-state index contributed by atoms with van der Waals surface area (Å²) in [5, 5.41) is 3.85. The Labute approximate surface area is 121 Å². The minimum Gasteiger partial charge on any atom is -0.497 e. The Hall–Kier alpha value is -1.32. The van der Waals surface area contributed by atoms with E-state index in [1.807, 2.05) is 0 Å². The van der Waals surface area contributed by atoms with Crippen LogP contribution in [0.2, 0.25) is 0 Å². The molecule has 1 atom stereocenters. The van der Waals surface area contributed by atoms with E-state index in [0.717, 1.165) is 31.4 Å². The fraction of sp³-hybridized carbons (Fsp3) is 0.529. The second-order valence-electron chi connectivity index (χ2n) is 5.95. The fourth-order valence-corrected chi connectivity index (χ4v) is 3.61. The van der Waals surface area contributed by atoms with Gasteiger partial charge < -0.3 is 15.8 Å². The summed E-state index contributed by atoms with van der Waals surface area (Å²) >= 11 is 0. The molecule has 20 heavy (non-hydrogen) atoms. The van der Waals surface area contributed by atoms with Crippen LogP contribution in [0.3, 0.4) is 0 Å². The largest absolute Gasteiger partial charge is 0.497 e. The lowest BCUT2D eigenvalue weighted by Gasteiger charge is -2.41. The molecule has 0 radical (unpaired) electrons. The molecule has 0 spiro atoms. The maximum absolute atomic E-state index is 6.20. The van der Waals surface area contributed by atoms with Crippen molar-refractivity contribution in [1.82, 2.24) is 5.32 Å². The van der Waals surface area contributed by atoms with E-state index in [9.17, 15) is 0 Å². The van der Waals surface area contributed by atoms with Crippen molar-refractivity contribution in [3.05, 3.63) is 41.5 Å². The van der Waals surface area contributed by atoms with Gasteiger partial charge in [-0.05, 0) is 55.4 Å². The molecule has 2 aliphatic rings. The lowest BCUT2D eigenvalue weighted by atomic mass is 9.75. The van der Waals surface area contributed by atoms with Gasteiger partial charge in [0.25, 0.3) is 0 Å². The number of benzene rings is 1. The quantitative estimate of drug-likeness (QED) is 0.828. The van der Waals surface area contributed by atoms with Crippen molar-refractivity contribution < 1.29 is 4.74 Å². The van der Waals surface area contributed by atoms with Crippen LogP contribution in [0.1, 0.15) is 36.8 Å². The first-order valence-corrected chi connectivity index (χ1v) is 7.57. The first-order chi connectivity index (χ1) is 9.77. The Bertz CT molecular complexity index is 504. The molecule has 3 heteroatoms. The number of nitrogens with two attached hydrogens (primary N) is 1. The van der Waals surface area contributed by atoms with Crippen molar-refractivity contribution in [2.75, 3.05) is 13.7 Å². The van der Waals surface area contributed by atoms with E-state index in [1.165, 1.54) is 17.5 Å². The summed E-state index contributed by atoms with van der Waals surface area (Å²) in [5.41, 5.74) is 8.88. The molecule has 0 saturated carbocycles. The van der Waals surface area contributed by atoms with Crippen molar-refractivity contribution >= 4 is 0 Å². The van der Waals surface area contributed by atoms with Gasteiger partial charge in [-0.2, -0.15) is 0 Å². The van der Waals surface area contributed by atoms with Crippen LogP contribution in [0, 0.1) is 0 Å². The van der Waals surface area contributed by atoms with Crippen LogP contribution in [0.15, 0.2) is 30.4 Å². The Balaban J connectivity index is 1.95. The maximum Gasteiger partial charge on any atom is 0.119 e. The molecule has 0 aliphatic heterocycles. The topological polar surface area (TPSA) is 47.3 Å². The van der Waals surface area contributed by atoms with E-state index >= 15 is 0 Å². The minimum atomic E-state index is -0.0845. The van der Waals surface area contributed by atoms with E-state index < -0.39 is 0 Å². The summed E-state index contributed by atoms with van der Waals surface area (Å²) < 4.78 is 5.41. The van der Waals surface area contributed by atoms with Gasteiger partial charge in [0.1, 0.15) is 5.75 Å². The zero-order valence-electron chi connectivity index (χ0n) is 12.2. The Morgan fingerprint density at radius 2 is 2.15 bits per heavy atom. The summed E-state index contributed by atoms with van der Waals surface area (Å²) in [5.74, 6) is 0.926. The highest BCUT2D eigenvalue weighted by molar-refractivity contribution is 5.42. The number of methoxy groups -OCH3 is 1. The third kappa shape index (κ3) is 2.36. The number of hydrogen-bond acceptors (Lipinski definition) is 3. The smallest absolute Gasteiger partial charge is 0.119 e. The van der Waals surface area contributed by atoms with Gasteiger partial charge in [-0.3, -0.25) is 0 Å². The highest BCUT2D eigenvalue weighted by Gasteiger charge is 2.37. The van der Waals surface area contributed by atoms with Crippen molar-refractivity contribution in [2.24, 2.45) is 5.73 Å². The molecule has 0 amide bonds. The van der Waals surface area contributed by atoms with Crippen LogP contribution in [-0.2, 0) is 12.0 Å². The van der Waals surface area contributed by atoms with Crippen LogP contribution in [0.5, 0.6) is 5.75 Å². The fourth-order valence-electron chi connectivity index (χ4n) is 3.61. The molecule has 0 aromatic heterocycles. The second-order valence-corrected chi connectivity index (χ2v) is 5.95. The average Bonchev–Trinajstić information content (AvgIpc) is 3.00. The summed E-state index contributed by atoms with van der Waals surface area (Å²) in [6, 6.07) is 6.96. The molecule has 0 bridgehead atoms.